The van der Waals surface area contributed by atoms with E-state index >= 15 is 0 Å². The number of hydrogen-bond donors (Lipinski definition) is 1. The second-order valence-electron chi connectivity index (χ2n) is 4.15. The lowest BCUT2D eigenvalue weighted by Crippen LogP contribution is -2.36. The normalized spacial score (nSPS) is 10.8. The van der Waals surface area contributed by atoms with E-state index in [1.165, 1.54) is 24.2 Å². The second-order valence-corrected chi connectivity index (χ2v) is 4.99. The van der Waals surface area contributed by atoms with Crippen molar-refractivity contribution in [1.29, 1.82) is 0 Å². The Morgan fingerprint density at radius 3 is 2.71 bits per heavy atom. The molecule has 0 aromatic heterocycles. The summed E-state index contributed by atoms with van der Waals surface area (Å²) in [7, 11) is 1.48. The lowest BCUT2D eigenvalue weighted by Gasteiger charge is -2.18. The fourth-order valence-corrected chi connectivity index (χ4v) is 1.90. The third-order valence-corrected chi connectivity index (χ3v) is 3.15. The molecule has 1 amide bonds. The number of rotatable bonds is 7. The van der Waals surface area contributed by atoms with Crippen LogP contribution in [0.2, 0.25) is 10.0 Å². The molecule has 0 fully saturated rings. The molecule has 0 unspecified atom stereocenters. The van der Waals surface area contributed by atoms with Crippen molar-refractivity contribution in [2.24, 2.45) is 0 Å². The zero-order valence-electron chi connectivity index (χ0n) is 11.4. The SMILES string of the molecule is COCCN(CC(=O)O)C(=O)C=Cc1cc(Cl)ccc1Cl. The molecule has 1 aromatic rings. The monoisotopic (exact) mass is 331 g/mol. The average Bonchev–Trinajstić information content (AvgIpc) is 2.43. The Labute approximate surface area is 132 Å². The molecule has 114 valence electrons. The van der Waals surface area contributed by atoms with Gasteiger partial charge in [-0.1, -0.05) is 23.2 Å². The number of hydrogen-bond acceptors (Lipinski definition) is 3. The van der Waals surface area contributed by atoms with E-state index in [1.807, 2.05) is 0 Å². The smallest absolute Gasteiger partial charge is 0.323 e. The first-order valence-corrected chi connectivity index (χ1v) is 6.82. The van der Waals surface area contributed by atoms with E-state index in [-0.39, 0.29) is 13.2 Å². The number of carbonyl (C=O) groups excluding carboxylic acids is 1. The van der Waals surface area contributed by atoms with Gasteiger partial charge in [0.1, 0.15) is 6.54 Å². The molecule has 21 heavy (non-hydrogen) atoms. The summed E-state index contributed by atoms with van der Waals surface area (Å²) in [6, 6.07) is 4.87. The zero-order chi connectivity index (χ0) is 15.8. The molecule has 1 aromatic carbocycles. The van der Waals surface area contributed by atoms with Crippen molar-refractivity contribution in [1.82, 2.24) is 4.90 Å². The van der Waals surface area contributed by atoms with Gasteiger partial charge in [0, 0.05) is 29.8 Å². The Hall–Kier alpha value is -1.56. The topological polar surface area (TPSA) is 66.8 Å². The lowest BCUT2D eigenvalue weighted by atomic mass is 10.2. The minimum Gasteiger partial charge on any atom is -0.480 e. The number of methoxy groups -OCH3 is 1. The van der Waals surface area contributed by atoms with Crippen LogP contribution in [0.5, 0.6) is 0 Å². The van der Waals surface area contributed by atoms with E-state index in [4.69, 9.17) is 33.0 Å². The number of nitrogens with zero attached hydrogens (tertiary/aromatic N) is 1. The molecule has 0 saturated heterocycles. The van der Waals surface area contributed by atoms with E-state index in [0.717, 1.165) is 0 Å². The van der Waals surface area contributed by atoms with Gasteiger partial charge < -0.3 is 14.7 Å². The van der Waals surface area contributed by atoms with Gasteiger partial charge in [-0.3, -0.25) is 9.59 Å². The van der Waals surface area contributed by atoms with Gasteiger partial charge in [-0.25, -0.2) is 0 Å². The molecule has 7 heteroatoms. The third kappa shape index (κ3) is 6.16. The van der Waals surface area contributed by atoms with Crippen LogP contribution in [0.4, 0.5) is 0 Å². The van der Waals surface area contributed by atoms with Crippen LogP contribution in [-0.2, 0) is 14.3 Å². The van der Waals surface area contributed by atoms with Gasteiger partial charge in [0.05, 0.1) is 6.61 Å². The van der Waals surface area contributed by atoms with E-state index in [1.54, 1.807) is 18.2 Å². The highest BCUT2D eigenvalue weighted by Gasteiger charge is 2.14. The Morgan fingerprint density at radius 1 is 1.38 bits per heavy atom. The fraction of sp³-hybridized carbons (Fsp3) is 0.286. The van der Waals surface area contributed by atoms with E-state index in [2.05, 4.69) is 0 Å². The summed E-state index contributed by atoms with van der Waals surface area (Å²) in [4.78, 5) is 23.9. The van der Waals surface area contributed by atoms with Crippen LogP contribution in [0.15, 0.2) is 24.3 Å². The number of benzene rings is 1. The Morgan fingerprint density at radius 2 is 2.10 bits per heavy atom. The predicted molar refractivity (Wildman–Crippen MR) is 81.6 cm³/mol. The molecule has 0 aliphatic carbocycles. The molecule has 0 atom stereocenters. The number of aliphatic carboxylic acids is 1. The number of carboxylic acids is 1. The third-order valence-electron chi connectivity index (χ3n) is 2.57. The highest BCUT2D eigenvalue weighted by Crippen LogP contribution is 2.21. The molecule has 0 spiro atoms. The Balaban J connectivity index is 2.81. The minimum absolute atomic E-state index is 0.190. The number of halogens is 2. The highest BCUT2D eigenvalue weighted by molar-refractivity contribution is 6.34. The average molecular weight is 332 g/mol. The van der Waals surface area contributed by atoms with E-state index in [9.17, 15) is 9.59 Å². The highest BCUT2D eigenvalue weighted by atomic mass is 35.5. The quantitative estimate of drug-likeness (QED) is 0.780. The van der Waals surface area contributed by atoms with E-state index < -0.39 is 18.4 Å². The van der Waals surface area contributed by atoms with Crippen LogP contribution in [0.25, 0.3) is 6.08 Å². The van der Waals surface area contributed by atoms with Gasteiger partial charge in [0.25, 0.3) is 0 Å². The van der Waals surface area contributed by atoms with Crippen LogP contribution >= 0.6 is 23.2 Å². The largest absolute Gasteiger partial charge is 0.480 e. The van der Waals surface area contributed by atoms with Gasteiger partial charge in [-0.15, -0.1) is 0 Å². The summed E-state index contributed by atoms with van der Waals surface area (Å²) in [5.74, 6) is -1.53. The summed E-state index contributed by atoms with van der Waals surface area (Å²) in [6.07, 6.45) is 2.76. The Bertz CT molecular complexity index is 546. The summed E-state index contributed by atoms with van der Waals surface area (Å²) in [5, 5.41) is 9.74. The fourth-order valence-electron chi connectivity index (χ4n) is 1.54. The molecule has 0 radical (unpaired) electrons. The lowest BCUT2D eigenvalue weighted by molar-refractivity contribution is -0.143. The second kappa shape index (κ2) is 8.67. The molecule has 0 saturated carbocycles. The van der Waals surface area contributed by atoms with Crippen molar-refractivity contribution in [3.05, 3.63) is 39.9 Å². The van der Waals surface area contributed by atoms with Crippen LogP contribution in [0.1, 0.15) is 5.56 Å². The van der Waals surface area contributed by atoms with Crippen molar-refractivity contribution in [3.63, 3.8) is 0 Å². The van der Waals surface area contributed by atoms with Crippen LogP contribution in [0, 0.1) is 0 Å². The maximum absolute atomic E-state index is 12.0. The van der Waals surface area contributed by atoms with Crippen molar-refractivity contribution in [2.45, 2.75) is 0 Å². The molecule has 1 rings (SSSR count). The van der Waals surface area contributed by atoms with Gasteiger partial charge in [0.2, 0.25) is 5.91 Å². The summed E-state index contributed by atoms with van der Waals surface area (Å²) in [6.45, 7) is 0.0514. The maximum atomic E-state index is 12.0. The van der Waals surface area contributed by atoms with Gasteiger partial charge in [0.15, 0.2) is 0 Å². The van der Waals surface area contributed by atoms with Crippen LogP contribution in [-0.4, -0.2) is 48.7 Å². The molecule has 1 N–H and O–H groups in total. The summed E-state index contributed by atoms with van der Waals surface area (Å²) in [5.41, 5.74) is 0.583. The maximum Gasteiger partial charge on any atom is 0.323 e. The summed E-state index contributed by atoms with van der Waals surface area (Å²) >= 11 is 11.8. The summed E-state index contributed by atoms with van der Waals surface area (Å²) < 4.78 is 4.85. The molecule has 0 aliphatic heterocycles. The van der Waals surface area contributed by atoms with Crippen LogP contribution in [0.3, 0.4) is 0 Å². The zero-order valence-corrected chi connectivity index (χ0v) is 12.9. The number of ether oxygens (including phenoxy) is 1. The van der Waals surface area contributed by atoms with Gasteiger partial charge in [-0.05, 0) is 29.8 Å². The van der Waals surface area contributed by atoms with E-state index in [0.29, 0.717) is 15.6 Å². The first-order chi connectivity index (χ1) is 9.93. The molecular formula is C14H15Cl2NO4. The molecule has 0 heterocycles. The standard InChI is InChI=1S/C14H15Cl2NO4/c1-21-7-6-17(9-14(19)20)13(18)5-2-10-8-11(15)3-4-12(10)16/h2-5,8H,6-7,9H2,1H3,(H,19,20). The number of amides is 1. The predicted octanol–water partition coefficient (Wildman–Crippen LogP) is 2.57. The van der Waals surface area contributed by atoms with Crippen molar-refractivity contribution < 1.29 is 19.4 Å². The molecule has 5 nitrogen and oxygen atoms in total. The number of carbonyl (C=O) groups is 2. The van der Waals surface area contributed by atoms with Crippen molar-refractivity contribution in [3.8, 4) is 0 Å². The minimum atomic E-state index is -1.09. The molecule has 0 bridgehead atoms. The molecular weight excluding hydrogens is 317 g/mol. The van der Waals surface area contributed by atoms with Crippen molar-refractivity contribution in [2.75, 3.05) is 26.8 Å². The Kier molecular flexibility index (Phi) is 7.22. The molecule has 0 aliphatic rings. The van der Waals surface area contributed by atoms with Crippen molar-refractivity contribution >= 4 is 41.2 Å². The van der Waals surface area contributed by atoms with Gasteiger partial charge in [-0.2, -0.15) is 0 Å². The van der Waals surface area contributed by atoms with Gasteiger partial charge >= 0.3 is 5.97 Å². The van der Waals surface area contributed by atoms with Crippen LogP contribution < -0.4 is 0 Å². The first-order valence-electron chi connectivity index (χ1n) is 6.07. The first kappa shape index (κ1) is 17.5. The number of carboxylic acid groups (broad SMARTS) is 1.